The van der Waals surface area contributed by atoms with E-state index in [0.717, 1.165) is 12.0 Å². The van der Waals surface area contributed by atoms with E-state index >= 15 is 0 Å². The second-order valence-corrected chi connectivity index (χ2v) is 5.35. The molecule has 0 aromatic heterocycles. The van der Waals surface area contributed by atoms with Gasteiger partial charge in [-0.15, -0.1) is 0 Å². The molecule has 0 aliphatic heterocycles. The fraction of sp³-hybridized carbons (Fsp3) is 0.533. The Balaban J connectivity index is 2.41. The van der Waals surface area contributed by atoms with Crippen LogP contribution in [0, 0.1) is 5.92 Å². The van der Waals surface area contributed by atoms with Crippen LogP contribution in [0.15, 0.2) is 30.3 Å². The fourth-order valence-electron chi connectivity index (χ4n) is 3.04. The number of aliphatic hydroxyl groups is 1. The van der Waals surface area contributed by atoms with Gasteiger partial charge in [-0.3, -0.25) is 4.79 Å². The summed E-state index contributed by atoms with van der Waals surface area (Å²) in [4.78, 5) is 12.0. The minimum absolute atomic E-state index is 0.0845. The Morgan fingerprint density at radius 1 is 1.29 bits per heavy atom. The van der Waals surface area contributed by atoms with Gasteiger partial charge in [-0.05, 0) is 25.3 Å². The molecular formula is C15H20O2. The molecule has 0 heterocycles. The highest BCUT2D eigenvalue weighted by Crippen LogP contribution is 2.41. The van der Waals surface area contributed by atoms with Gasteiger partial charge < -0.3 is 5.11 Å². The van der Waals surface area contributed by atoms with Crippen molar-refractivity contribution in [3.63, 3.8) is 0 Å². The summed E-state index contributed by atoms with van der Waals surface area (Å²) in [6.45, 7) is 3.81. The lowest BCUT2D eigenvalue weighted by Crippen LogP contribution is -2.36. The molecule has 0 unspecified atom stereocenters. The molecule has 2 rings (SSSR count). The lowest BCUT2D eigenvalue weighted by Gasteiger charge is -2.34. The number of hydrogen-bond acceptors (Lipinski definition) is 2. The summed E-state index contributed by atoms with van der Waals surface area (Å²) >= 11 is 0. The molecule has 1 aromatic carbocycles. The molecule has 0 bridgehead atoms. The molecule has 1 aliphatic carbocycles. The van der Waals surface area contributed by atoms with Crippen LogP contribution < -0.4 is 0 Å². The van der Waals surface area contributed by atoms with Gasteiger partial charge in [0.1, 0.15) is 5.78 Å². The number of rotatable bonds is 1. The van der Waals surface area contributed by atoms with E-state index in [4.69, 9.17) is 0 Å². The highest BCUT2D eigenvalue weighted by Gasteiger charge is 2.41. The Morgan fingerprint density at radius 3 is 2.59 bits per heavy atom. The molecule has 17 heavy (non-hydrogen) atoms. The molecule has 1 aromatic rings. The molecule has 1 fully saturated rings. The maximum Gasteiger partial charge on any atom is 0.136 e. The summed E-state index contributed by atoms with van der Waals surface area (Å²) in [7, 11) is 0. The third kappa shape index (κ3) is 2.42. The molecule has 1 N–H and O–H groups in total. The van der Waals surface area contributed by atoms with Gasteiger partial charge in [0.2, 0.25) is 0 Å². The van der Waals surface area contributed by atoms with Crippen LogP contribution in [0.4, 0.5) is 0 Å². The van der Waals surface area contributed by atoms with E-state index in [2.05, 4.69) is 0 Å². The summed E-state index contributed by atoms with van der Waals surface area (Å²) in [5.41, 5.74) is 0.285. The predicted molar refractivity (Wildman–Crippen MR) is 67.8 cm³/mol. The van der Waals surface area contributed by atoms with Gasteiger partial charge in [-0.2, -0.15) is 0 Å². The highest BCUT2D eigenvalue weighted by atomic mass is 16.3. The maximum atomic E-state index is 12.0. The van der Waals surface area contributed by atoms with Crippen LogP contribution in [0.5, 0.6) is 0 Å². The van der Waals surface area contributed by atoms with Crippen LogP contribution in [0.3, 0.4) is 0 Å². The van der Waals surface area contributed by atoms with Crippen LogP contribution in [-0.4, -0.2) is 16.5 Å². The van der Waals surface area contributed by atoms with Crippen molar-refractivity contribution < 1.29 is 9.90 Å². The Hall–Kier alpha value is -1.15. The topological polar surface area (TPSA) is 37.3 Å². The third-order valence-electron chi connectivity index (χ3n) is 3.94. The fourth-order valence-corrected chi connectivity index (χ4v) is 3.04. The first kappa shape index (κ1) is 12.3. The number of Topliss-reactive ketones (excluding diaryl/α,β-unsaturated/α-hetero) is 1. The summed E-state index contributed by atoms with van der Waals surface area (Å²) in [6.07, 6.45) is 2.09. The summed E-state index contributed by atoms with van der Waals surface area (Å²) in [6, 6.07) is 9.91. The van der Waals surface area contributed by atoms with Gasteiger partial charge in [-0.25, -0.2) is 0 Å². The largest absolute Gasteiger partial charge is 0.390 e. The number of carbonyl (C=O) groups is 1. The second-order valence-electron chi connectivity index (χ2n) is 5.35. The van der Waals surface area contributed by atoms with Crippen molar-refractivity contribution in [1.82, 2.24) is 0 Å². The molecule has 0 amide bonds. The monoisotopic (exact) mass is 232 g/mol. The quantitative estimate of drug-likeness (QED) is 0.756. The van der Waals surface area contributed by atoms with Gasteiger partial charge >= 0.3 is 0 Å². The third-order valence-corrected chi connectivity index (χ3v) is 3.94. The maximum absolute atomic E-state index is 12.0. The summed E-state index contributed by atoms with van der Waals surface area (Å²) in [5.74, 6) is 0.0882. The van der Waals surface area contributed by atoms with Crippen LogP contribution >= 0.6 is 0 Å². The van der Waals surface area contributed by atoms with E-state index in [0.29, 0.717) is 12.8 Å². The van der Waals surface area contributed by atoms with E-state index in [1.54, 1.807) is 0 Å². The van der Waals surface area contributed by atoms with Crippen molar-refractivity contribution in [2.45, 2.75) is 44.6 Å². The number of hydrogen-bond donors (Lipinski definition) is 1. The van der Waals surface area contributed by atoms with E-state index in [9.17, 15) is 9.90 Å². The van der Waals surface area contributed by atoms with Gasteiger partial charge in [-0.1, -0.05) is 37.3 Å². The van der Waals surface area contributed by atoms with Crippen molar-refractivity contribution in [3.05, 3.63) is 35.9 Å². The zero-order valence-corrected chi connectivity index (χ0v) is 10.5. The minimum atomic E-state index is -0.785. The van der Waals surface area contributed by atoms with Crippen molar-refractivity contribution in [3.8, 4) is 0 Å². The molecule has 0 radical (unpaired) electrons. The molecule has 92 valence electrons. The van der Waals surface area contributed by atoms with Crippen LogP contribution in [0.25, 0.3) is 0 Å². The van der Waals surface area contributed by atoms with Crippen molar-refractivity contribution in [2.75, 3.05) is 0 Å². The van der Waals surface area contributed by atoms with E-state index in [1.807, 2.05) is 44.2 Å². The van der Waals surface area contributed by atoms with E-state index < -0.39 is 5.60 Å². The second kappa shape index (κ2) is 4.61. The van der Waals surface area contributed by atoms with Gasteiger partial charge in [0.05, 0.1) is 5.60 Å². The average Bonchev–Trinajstić information content (AvgIpc) is 2.38. The molecule has 2 heteroatoms. The summed E-state index contributed by atoms with van der Waals surface area (Å²) in [5, 5.41) is 10.6. The number of ketones is 1. The standard InChI is InChI=1S/C15H20O2/c1-11-13(16)9-6-10-15(2,17)14(11)12-7-4-3-5-8-12/h3-5,7-8,11,14,17H,6,9-10H2,1-2H3/t11-,14+,15-/m0/s1. The Morgan fingerprint density at radius 2 is 1.94 bits per heavy atom. The normalized spacial score (nSPS) is 34.4. The van der Waals surface area contributed by atoms with Crippen LogP contribution in [0.2, 0.25) is 0 Å². The Labute approximate surface area is 103 Å². The van der Waals surface area contributed by atoms with Crippen LogP contribution in [0.1, 0.15) is 44.6 Å². The van der Waals surface area contributed by atoms with Crippen molar-refractivity contribution in [2.24, 2.45) is 5.92 Å². The lowest BCUT2D eigenvalue weighted by atomic mass is 9.74. The molecular weight excluding hydrogens is 212 g/mol. The minimum Gasteiger partial charge on any atom is -0.390 e. The highest BCUT2D eigenvalue weighted by molar-refractivity contribution is 5.82. The average molecular weight is 232 g/mol. The first-order valence-electron chi connectivity index (χ1n) is 6.32. The molecule has 1 saturated carbocycles. The molecule has 1 aliphatic rings. The zero-order chi connectivity index (χ0) is 12.5. The van der Waals surface area contributed by atoms with Gasteiger partial charge in [0, 0.05) is 18.3 Å². The van der Waals surface area contributed by atoms with E-state index in [1.165, 1.54) is 0 Å². The van der Waals surface area contributed by atoms with Crippen LogP contribution in [-0.2, 0) is 4.79 Å². The SMILES string of the molecule is C[C@H]1C(=O)CCC[C@](C)(O)[C@H]1c1ccccc1. The molecule has 0 saturated heterocycles. The van der Waals surface area contributed by atoms with Gasteiger partial charge in [0.15, 0.2) is 0 Å². The van der Waals surface area contributed by atoms with Gasteiger partial charge in [0.25, 0.3) is 0 Å². The molecule has 0 spiro atoms. The molecule has 2 nitrogen and oxygen atoms in total. The first-order valence-corrected chi connectivity index (χ1v) is 6.32. The first-order chi connectivity index (χ1) is 8.02. The predicted octanol–water partition coefficient (Wildman–Crippen LogP) is 2.91. The Kier molecular flexibility index (Phi) is 3.34. The zero-order valence-electron chi connectivity index (χ0n) is 10.5. The smallest absolute Gasteiger partial charge is 0.136 e. The number of carbonyl (C=O) groups excluding carboxylic acids is 1. The molecule has 3 atom stereocenters. The summed E-state index contributed by atoms with van der Waals surface area (Å²) < 4.78 is 0. The lowest BCUT2D eigenvalue weighted by molar-refractivity contribution is -0.123. The van der Waals surface area contributed by atoms with Crippen molar-refractivity contribution >= 4 is 5.78 Å². The van der Waals surface area contributed by atoms with Crippen molar-refractivity contribution in [1.29, 1.82) is 0 Å². The Bertz CT molecular complexity index is 395. The van der Waals surface area contributed by atoms with E-state index in [-0.39, 0.29) is 17.6 Å². The number of benzene rings is 1.